The zero-order valence-corrected chi connectivity index (χ0v) is 9.30. The molecule has 2 heterocycles. The molecule has 0 aliphatic carbocycles. The molecule has 2 rings (SSSR count). The summed E-state index contributed by atoms with van der Waals surface area (Å²) in [6.45, 7) is 1.01. The summed E-state index contributed by atoms with van der Waals surface area (Å²) < 4.78 is 0. The number of aromatic nitrogens is 1. The van der Waals surface area contributed by atoms with Gasteiger partial charge in [0, 0.05) is 48.5 Å². The number of pyridine rings is 1. The van der Waals surface area contributed by atoms with E-state index in [4.69, 9.17) is 0 Å². The van der Waals surface area contributed by atoms with Crippen LogP contribution in [0.15, 0.2) is 24.5 Å². The second-order valence-electron chi connectivity index (χ2n) is 3.59. The topological polar surface area (TPSA) is 42.0 Å². The molecule has 1 N–H and O–H groups in total. The van der Waals surface area contributed by atoms with Gasteiger partial charge in [0.15, 0.2) is 5.78 Å². The van der Waals surface area contributed by atoms with Gasteiger partial charge >= 0.3 is 0 Å². The number of Topliss-reactive ketones (excluding diaryl/α,β-unsaturated/α-hetero) is 1. The number of hydrogen-bond acceptors (Lipinski definition) is 4. The molecule has 1 aromatic rings. The molecule has 3 nitrogen and oxygen atoms in total. The third kappa shape index (κ3) is 3.04. The van der Waals surface area contributed by atoms with Crippen LogP contribution in [-0.2, 0) is 0 Å². The molecule has 0 saturated carbocycles. The summed E-state index contributed by atoms with van der Waals surface area (Å²) in [6, 6.07) is 3.96. The van der Waals surface area contributed by atoms with E-state index >= 15 is 0 Å². The van der Waals surface area contributed by atoms with Crippen molar-refractivity contribution in [2.45, 2.75) is 12.5 Å². The van der Waals surface area contributed by atoms with Crippen LogP contribution in [0, 0.1) is 0 Å². The number of carbonyl (C=O) groups excluding carboxylic acids is 1. The van der Waals surface area contributed by atoms with Gasteiger partial charge in [0.2, 0.25) is 0 Å². The summed E-state index contributed by atoms with van der Waals surface area (Å²) in [7, 11) is 0. The number of nitrogens with zero attached hydrogens (tertiary/aromatic N) is 1. The maximum atomic E-state index is 11.8. The van der Waals surface area contributed by atoms with E-state index in [-0.39, 0.29) is 5.78 Å². The Labute approximate surface area is 93.7 Å². The fraction of sp³-hybridized carbons (Fsp3) is 0.455. The molecule has 1 aliphatic rings. The van der Waals surface area contributed by atoms with Crippen LogP contribution in [0.25, 0.3) is 0 Å². The number of ketones is 1. The highest BCUT2D eigenvalue weighted by atomic mass is 32.2. The fourth-order valence-electron chi connectivity index (χ4n) is 1.62. The molecule has 1 aliphatic heterocycles. The predicted molar refractivity (Wildman–Crippen MR) is 62.3 cm³/mol. The van der Waals surface area contributed by atoms with E-state index in [9.17, 15) is 4.79 Å². The first-order chi connectivity index (χ1) is 7.36. The maximum Gasteiger partial charge on any atom is 0.166 e. The largest absolute Gasteiger partial charge is 0.312 e. The van der Waals surface area contributed by atoms with Crippen molar-refractivity contribution in [2.75, 3.05) is 18.1 Å². The van der Waals surface area contributed by atoms with Crippen molar-refractivity contribution in [2.24, 2.45) is 0 Å². The van der Waals surface area contributed by atoms with Crippen molar-refractivity contribution in [3.8, 4) is 0 Å². The standard InChI is InChI=1S/C11H14N2OS/c14-11(9-2-1-3-12-7-9)6-10-8-15-5-4-13-10/h1-3,7,10,13H,4-6,8H2. The summed E-state index contributed by atoms with van der Waals surface area (Å²) in [4.78, 5) is 15.8. The molecule has 0 bridgehead atoms. The SMILES string of the molecule is O=C(CC1CSCCN1)c1cccnc1. The quantitative estimate of drug-likeness (QED) is 0.784. The fourth-order valence-corrected chi connectivity index (χ4v) is 2.57. The molecule has 0 amide bonds. The van der Waals surface area contributed by atoms with Crippen molar-refractivity contribution in [3.63, 3.8) is 0 Å². The highest BCUT2D eigenvalue weighted by Gasteiger charge is 2.17. The van der Waals surface area contributed by atoms with Crippen LogP contribution in [0.1, 0.15) is 16.8 Å². The van der Waals surface area contributed by atoms with Crippen molar-refractivity contribution in [1.82, 2.24) is 10.3 Å². The average molecular weight is 222 g/mol. The molecule has 0 aromatic carbocycles. The molecular weight excluding hydrogens is 208 g/mol. The highest BCUT2D eigenvalue weighted by Crippen LogP contribution is 2.12. The lowest BCUT2D eigenvalue weighted by atomic mass is 10.1. The average Bonchev–Trinajstić information content (AvgIpc) is 2.31. The lowest BCUT2D eigenvalue weighted by Crippen LogP contribution is -2.38. The van der Waals surface area contributed by atoms with Gasteiger partial charge in [-0.3, -0.25) is 9.78 Å². The van der Waals surface area contributed by atoms with E-state index in [0.29, 0.717) is 12.5 Å². The number of rotatable bonds is 3. The Kier molecular flexibility index (Phi) is 3.75. The minimum absolute atomic E-state index is 0.183. The van der Waals surface area contributed by atoms with Crippen LogP contribution in [0.4, 0.5) is 0 Å². The van der Waals surface area contributed by atoms with E-state index in [1.54, 1.807) is 18.5 Å². The first-order valence-electron chi connectivity index (χ1n) is 5.10. The summed E-state index contributed by atoms with van der Waals surface area (Å²) in [5.74, 6) is 2.37. The first-order valence-corrected chi connectivity index (χ1v) is 6.26. The van der Waals surface area contributed by atoms with E-state index < -0.39 is 0 Å². The molecule has 0 radical (unpaired) electrons. The van der Waals surface area contributed by atoms with Gasteiger partial charge in [-0.1, -0.05) is 0 Å². The summed E-state index contributed by atoms with van der Waals surface area (Å²) >= 11 is 1.91. The third-order valence-electron chi connectivity index (χ3n) is 2.41. The van der Waals surface area contributed by atoms with Crippen LogP contribution < -0.4 is 5.32 Å². The highest BCUT2D eigenvalue weighted by molar-refractivity contribution is 7.99. The van der Waals surface area contributed by atoms with Gasteiger partial charge in [-0.25, -0.2) is 0 Å². The zero-order valence-electron chi connectivity index (χ0n) is 8.48. The number of hydrogen-bond donors (Lipinski definition) is 1. The van der Waals surface area contributed by atoms with Crippen molar-refractivity contribution >= 4 is 17.5 Å². The van der Waals surface area contributed by atoms with Gasteiger partial charge in [0.25, 0.3) is 0 Å². The Morgan fingerprint density at radius 1 is 1.67 bits per heavy atom. The minimum Gasteiger partial charge on any atom is -0.312 e. The molecule has 15 heavy (non-hydrogen) atoms. The van der Waals surface area contributed by atoms with Crippen LogP contribution in [-0.4, -0.2) is 34.9 Å². The van der Waals surface area contributed by atoms with Crippen molar-refractivity contribution in [1.29, 1.82) is 0 Å². The molecule has 1 fully saturated rings. The van der Waals surface area contributed by atoms with Gasteiger partial charge in [0.1, 0.15) is 0 Å². The minimum atomic E-state index is 0.183. The molecule has 1 saturated heterocycles. The van der Waals surface area contributed by atoms with Gasteiger partial charge in [-0.05, 0) is 12.1 Å². The van der Waals surface area contributed by atoms with E-state index in [1.165, 1.54) is 0 Å². The predicted octanol–water partition coefficient (Wildman–Crippen LogP) is 1.36. The molecule has 1 aromatic heterocycles. The Morgan fingerprint density at radius 3 is 3.27 bits per heavy atom. The zero-order chi connectivity index (χ0) is 10.5. The second-order valence-corrected chi connectivity index (χ2v) is 4.74. The Morgan fingerprint density at radius 2 is 2.60 bits per heavy atom. The number of nitrogens with one attached hydrogen (secondary N) is 1. The maximum absolute atomic E-state index is 11.8. The van der Waals surface area contributed by atoms with E-state index in [2.05, 4.69) is 10.3 Å². The molecule has 4 heteroatoms. The van der Waals surface area contributed by atoms with E-state index in [0.717, 1.165) is 23.6 Å². The second kappa shape index (κ2) is 5.28. The lowest BCUT2D eigenvalue weighted by Gasteiger charge is -2.22. The van der Waals surface area contributed by atoms with Crippen LogP contribution in [0.5, 0.6) is 0 Å². The van der Waals surface area contributed by atoms with Crippen LogP contribution in [0.2, 0.25) is 0 Å². The summed E-state index contributed by atoms with van der Waals surface area (Å²) in [6.07, 6.45) is 3.91. The molecule has 0 spiro atoms. The third-order valence-corrected chi connectivity index (χ3v) is 3.54. The molecule has 1 unspecified atom stereocenters. The molecule has 1 atom stereocenters. The Bertz CT molecular complexity index is 323. The lowest BCUT2D eigenvalue weighted by molar-refractivity contribution is 0.0971. The summed E-state index contributed by atoms with van der Waals surface area (Å²) in [5, 5.41) is 3.36. The smallest absolute Gasteiger partial charge is 0.166 e. The first kappa shape index (κ1) is 10.6. The van der Waals surface area contributed by atoms with Crippen LogP contribution in [0.3, 0.4) is 0 Å². The van der Waals surface area contributed by atoms with Crippen molar-refractivity contribution in [3.05, 3.63) is 30.1 Å². The molecule has 80 valence electrons. The van der Waals surface area contributed by atoms with Crippen LogP contribution >= 0.6 is 11.8 Å². The molecular formula is C11H14N2OS. The number of carbonyl (C=O) groups is 1. The monoisotopic (exact) mass is 222 g/mol. The Hall–Kier alpha value is -0.870. The number of thioether (sulfide) groups is 1. The van der Waals surface area contributed by atoms with Gasteiger partial charge in [-0.15, -0.1) is 0 Å². The van der Waals surface area contributed by atoms with Gasteiger partial charge in [0.05, 0.1) is 0 Å². The van der Waals surface area contributed by atoms with Gasteiger partial charge < -0.3 is 5.32 Å². The van der Waals surface area contributed by atoms with Crippen molar-refractivity contribution < 1.29 is 4.79 Å². The van der Waals surface area contributed by atoms with E-state index in [1.807, 2.05) is 17.8 Å². The normalized spacial score (nSPS) is 21.2. The summed E-state index contributed by atoms with van der Waals surface area (Å²) in [5.41, 5.74) is 0.717. The Balaban J connectivity index is 1.91. The van der Waals surface area contributed by atoms with Gasteiger partial charge in [-0.2, -0.15) is 11.8 Å².